The number of thiophene rings is 1. The maximum atomic E-state index is 4.24. The van der Waals surface area contributed by atoms with Crippen LogP contribution >= 0.6 is 22.7 Å². The van der Waals surface area contributed by atoms with E-state index in [0.717, 1.165) is 4.96 Å². The van der Waals surface area contributed by atoms with E-state index in [2.05, 4.69) is 32.3 Å². The molecule has 0 saturated carbocycles. The van der Waals surface area contributed by atoms with Gasteiger partial charge in [-0.2, -0.15) is 0 Å². The quantitative estimate of drug-likeness (QED) is 0.598. The molecule has 0 radical (unpaired) electrons. The van der Waals surface area contributed by atoms with Crippen LogP contribution in [-0.4, -0.2) is 9.38 Å². The summed E-state index contributed by atoms with van der Waals surface area (Å²) in [5, 5.41) is 4.24. The van der Waals surface area contributed by atoms with Crippen LogP contribution in [0, 0.1) is 0 Å². The standard InChI is InChI=1S/C9H6N2S2/c1-2-8(12-5-1)7-6-13-9-10-3-4-11(7)9/h1-6H. The van der Waals surface area contributed by atoms with Gasteiger partial charge in [0.1, 0.15) is 0 Å². The van der Waals surface area contributed by atoms with E-state index < -0.39 is 0 Å². The number of hydrogen-bond donors (Lipinski definition) is 0. The average molecular weight is 206 g/mol. The molecule has 0 saturated heterocycles. The highest BCUT2D eigenvalue weighted by Gasteiger charge is 2.05. The van der Waals surface area contributed by atoms with Crippen molar-refractivity contribution in [1.29, 1.82) is 0 Å². The van der Waals surface area contributed by atoms with Crippen molar-refractivity contribution in [3.63, 3.8) is 0 Å². The summed E-state index contributed by atoms with van der Waals surface area (Å²) >= 11 is 3.43. The first-order valence-electron chi connectivity index (χ1n) is 3.89. The Bertz CT molecular complexity index is 519. The lowest BCUT2D eigenvalue weighted by atomic mass is 10.4. The average Bonchev–Trinajstić information content (AvgIpc) is 2.79. The number of aromatic nitrogens is 2. The Labute approximate surface area is 83.1 Å². The highest BCUT2D eigenvalue weighted by molar-refractivity contribution is 7.16. The number of nitrogens with zero attached hydrogens (tertiary/aromatic N) is 2. The second-order valence-electron chi connectivity index (χ2n) is 2.68. The number of thiazole rings is 1. The van der Waals surface area contributed by atoms with Gasteiger partial charge >= 0.3 is 0 Å². The maximum Gasteiger partial charge on any atom is 0.194 e. The van der Waals surface area contributed by atoms with E-state index in [4.69, 9.17) is 0 Å². The Morgan fingerprint density at radius 1 is 1.31 bits per heavy atom. The van der Waals surface area contributed by atoms with Crippen LogP contribution in [0.15, 0.2) is 35.3 Å². The summed E-state index contributed by atoms with van der Waals surface area (Å²) < 4.78 is 2.12. The van der Waals surface area contributed by atoms with E-state index in [1.807, 2.05) is 12.4 Å². The molecule has 0 fully saturated rings. The third-order valence-electron chi connectivity index (χ3n) is 1.92. The molecule has 3 aromatic rings. The maximum absolute atomic E-state index is 4.24. The second-order valence-corrected chi connectivity index (χ2v) is 4.46. The van der Waals surface area contributed by atoms with Gasteiger partial charge in [0.2, 0.25) is 0 Å². The minimum Gasteiger partial charge on any atom is -0.289 e. The summed E-state index contributed by atoms with van der Waals surface area (Å²) in [6.07, 6.45) is 3.84. The Hall–Kier alpha value is -1.13. The van der Waals surface area contributed by atoms with Crippen LogP contribution in [-0.2, 0) is 0 Å². The van der Waals surface area contributed by atoms with Crippen molar-refractivity contribution in [3.8, 4) is 10.6 Å². The van der Waals surface area contributed by atoms with Crippen LogP contribution in [0.25, 0.3) is 15.5 Å². The summed E-state index contributed by atoms with van der Waals surface area (Å²) in [6, 6.07) is 4.20. The van der Waals surface area contributed by atoms with Crippen molar-refractivity contribution in [2.45, 2.75) is 0 Å². The molecule has 3 heterocycles. The smallest absolute Gasteiger partial charge is 0.194 e. The first kappa shape index (κ1) is 7.29. The van der Waals surface area contributed by atoms with Gasteiger partial charge in [0, 0.05) is 17.8 Å². The molecule has 0 atom stereocenters. The molecule has 4 heteroatoms. The van der Waals surface area contributed by atoms with Crippen molar-refractivity contribution in [3.05, 3.63) is 35.3 Å². The van der Waals surface area contributed by atoms with Crippen LogP contribution in [0.1, 0.15) is 0 Å². The highest BCUT2D eigenvalue weighted by atomic mass is 32.1. The van der Waals surface area contributed by atoms with Crippen molar-refractivity contribution < 1.29 is 0 Å². The van der Waals surface area contributed by atoms with Gasteiger partial charge < -0.3 is 0 Å². The fourth-order valence-corrected chi connectivity index (χ4v) is 2.99. The fraction of sp³-hybridized carbons (Fsp3) is 0. The van der Waals surface area contributed by atoms with E-state index in [0.29, 0.717) is 0 Å². The first-order chi connectivity index (χ1) is 6.45. The zero-order valence-corrected chi connectivity index (χ0v) is 8.31. The Balaban J connectivity index is 2.33. The predicted molar refractivity (Wildman–Crippen MR) is 56.4 cm³/mol. The van der Waals surface area contributed by atoms with Gasteiger partial charge in [-0.1, -0.05) is 6.07 Å². The molecule has 0 aliphatic rings. The fourth-order valence-electron chi connectivity index (χ4n) is 1.33. The molecule has 0 bridgehead atoms. The first-order valence-corrected chi connectivity index (χ1v) is 5.65. The third-order valence-corrected chi connectivity index (χ3v) is 3.66. The Morgan fingerprint density at radius 2 is 2.31 bits per heavy atom. The van der Waals surface area contributed by atoms with Crippen molar-refractivity contribution in [2.75, 3.05) is 0 Å². The summed E-state index contributed by atoms with van der Waals surface area (Å²) in [7, 11) is 0. The van der Waals surface area contributed by atoms with E-state index in [1.54, 1.807) is 22.7 Å². The molecule has 0 aliphatic carbocycles. The second kappa shape index (κ2) is 2.68. The van der Waals surface area contributed by atoms with Gasteiger partial charge in [0.15, 0.2) is 4.96 Å². The van der Waals surface area contributed by atoms with Crippen molar-refractivity contribution in [2.24, 2.45) is 0 Å². The molecule has 3 aromatic heterocycles. The lowest BCUT2D eigenvalue weighted by Gasteiger charge is -1.92. The van der Waals surface area contributed by atoms with Gasteiger partial charge in [-0.15, -0.1) is 22.7 Å². The van der Waals surface area contributed by atoms with Crippen LogP contribution < -0.4 is 0 Å². The van der Waals surface area contributed by atoms with Crippen LogP contribution in [0.3, 0.4) is 0 Å². The summed E-state index contributed by atoms with van der Waals surface area (Å²) in [6.45, 7) is 0. The van der Waals surface area contributed by atoms with E-state index in [9.17, 15) is 0 Å². The normalized spacial score (nSPS) is 11.1. The molecule has 0 N–H and O–H groups in total. The van der Waals surface area contributed by atoms with Gasteiger partial charge in [-0.05, 0) is 11.4 Å². The molecule has 13 heavy (non-hydrogen) atoms. The lowest BCUT2D eigenvalue weighted by molar-refractivity contribution is 1.24. The topological polar surface area (TPSA) is 17.3 Å². The minimum atomic E-state index is 1.06. The zero-order chi connectivity index (χ0) is 8.67. The van der Waals surface area contributed by atoms with Gasteiger partial charge in [0.25, 0.3) is 0 Å². The van der Waals surface area contributed by atoms with E-state index >= 15 is 0 Å². The van der Waals surface area contributed by atoms with Gasteiger partial charge in [-0.25, -0.2) is 4.98 Å². The van der Waals surface area contributed by atoms with E-state index in [-0.39, 0.29) is 0 Å². The highest BCUT2D eigenvalue weighted by Crippen LogP contribution is 2.28. The molecule has 0 unspecified atom stereocenters. The molecule has 0 aliphatic heterocycles. The number of rotatable bonds is 1. The molecule has 64 valence electrons. The Kier molecular flexibility index (Phi) is 1.50. The number of imidazole rings is 1. The van der Waals surface area contributed by atoms with Crippen molar-refractivity contribution >= 4 is 27.6 Å². The summed E-state index contributed by atoms with van der Waals surface area (Å²) in [5.41, 5.74) is 1.24. The molecule has 0 amide bonds. The van der Waals surface area contributed by atoms with Crippen LogP contribution in [0.5, 0.6) is 0 Å². The van der Waals surface area contributed by atoms with Crippen molar-refractivity contribution in [1.82, 2.24) is 9.38 Å². The zero-order valence-electron chi connectivity index (χ0n) is 6.68. The summed E-state index contributed by atoms with van der Waals surface area (Å²) in [5.74, 6) is 0. The number of hydrogen-bond acceptors (Lipinski definition) is 3. The summed E-state index contributed by atoms with van der Waals surface area (Å²) in [4.78, 5) is 6.59. The molecular formula is C9H6N2S2. The molecular weight excluding hydrogens is 200 g/mol. The van der Waals surface area contributed by atoms with Gasteiger partial charge in [0.05, 0.1) is 10.6 Å². The monoisotopic (exact) mass is 206 g/mol. The Morgan fingerprint density at radius 3 is 3.15 bits per heavy atom. The van der Waals surface area contributed by atoms with Gasteiger partial charge in [-0.3, -0.25) is 4.40 Å². The largest absolute Gasteiger partial charge is 0.289 e. The molecule has 0 aromatic carbocycles. The van der Waals surface area contributed by atoms with E-state index in [1.165, 1.54) is 10.6 Å². The SMILES string of the molecule is c1csc(-c2csc3nccn23)c1. The minimum absolute atomic E-state index is 1.06. The molecule has 3 rings (SSSR count). The lowest BCUT2D eigenvalue weighted by Crippen LogP contribution is -1.78. The molecule has 2 nitrogen and oxygen atoms in total. The van der Waals surface area contributed by atoms with Crippen LogP contribution in [0.4, 0.5) is 0 Å². The number of fused-ring (bicyclic) bond motifs is 1. The molecule has 0 spiro atoms. The predicted octanol–water partition coefficient (Wildman–Crippen LogP) is 3.12. The van der Waals surface area contributed by atoms with Crippen LogP contribution in [0.2, 0.25) is 0 Å². The third kappa shape index (κ3) is 1.03.